The Morgan fingerprint density at radius 3 is 2.77 bits per heavy atom. The monoisotopic (exact) mass is 486 g/mol. The molecule has 0 spiro atoms. The van der Waals surface area contributed by atoms with Crippen LogP contribution in [0.3, 0.4) is 0 Å². The lowest BCUT2D eigenvalue weighted by atomic mass is 10.2. The highest BCUT2D eigenvalue weighted by Crippen LogP contribution is 2.37. The van der Waals surface area contributed by atoms with Gasteiger partial charge in [-0.05, 0) is 30.5 Å². The van der Waals surface area contributed by atoms with E-state index in [-0.39, 0.29) is 10.8 Å². The molecule has 0 saturated carbocycles. The van der Waals surface area contributed by atoms with E-state index in [2.05, 4.69) is 15.2 Å². The summed E-state index contributed by atoms with van der Waals surface area (Å²) in [4.78, 5) is 22.3. The number of nitrogens with two attached hydrogens (primary N) is 1. The van der Waals surface area contributed by atoms with Crippen LogP contribution < -0.4 is 11.4 Å². The van der Waals surface area contributed by atoms with Gasteiger partial charge in [0.1, 0.15) is 10.7 Å². The molecule has 0 aliphatic heterocycles. The maximum absolute atomic E-state index is 12.9. The Balaban J connectivity index is 1.46. The molecule has 0 saturated heterocycles. The number of nitrogens with zero attached hydrogens (tertiary/aromatic N) is 4. The maximum Gasteiger partial charge on any atom is 0.260 e. The molecule has 0 bridgehead atoms. The van der Waals surface area contributed by atoms with Gasteiger partial charge in [0.2, 0.25) is 5.16 Å². The minimum absolute atomic E-state index is 0.150. The van der Waals surface area contributed by atoms with Crippen LogP contribution in [-0.4, -0.2) is 24.8 Å². The number of nitrogen functional groups attached to an aromatic ring is 1. The Morgan fingerprint density at radius 2 is 2.00 bits per heavy atom. The fourth-order valence-electron chi connectivity index (χ4n) is 3.17. The first-order chi connectivity index (χ1) is 15.0. The summed E-state index contributed by atoms with van der Waals surface area (Å²) < 4.78 is 1.40. The molecule has 7 nitrogen and oxygen atoms in total. The Bertz CT molecular complexity index is 1440. The summed E-state index contributed by atoms with van der Waals surface area (Å²) in [6, 6.07) is 11.3. The quantitative estimate of drug-likeness (QED) is 0.261. The summed E-state index contributed by atoms with van der Waals surface area (Å²) in [7, 11) is 0. The van der Waals surface area contributed by atoms with E-state index in [0.717, 1.165) is 10.4 Å². The smallest absolute Gasteiger partial charge is 0.260 e. The molecule has 0 fully saturated rings. The van der Waals surface area contributed by atoms with Gasteiger partial charge in [-0.25, -0.2) is 9.66 Å². The topological polar surface area (TPSA) is 102 Å². The van der Waals surface area contributed by atoms with Crippen molar-refractivity contribution in [3.05, 3.63) is 68.4 Å². The van der Waals surface area contributed by atoms with Gasteiger partial charge in [-0.3, -0.25) is 4.79 Å². The van der Waals surface area contributed by atoms with Crippen molar-refractivity contribution in [1.82, 2.24) is 24.8 Å². The van der Waals surface area contributed by atoms with Crippen LogP contribution in [0.25, 0.3) is 32.0 Å². The summed E-state index contributed by atoms with van der Waals surface area (Å²) in [5.74, 6) is 7.26. The molecule has 3 N–H and O–H groups in total. The number of H-pyrrole nitrogens is 1. The lowest BCUT2D eigenvalue weighted by molar-refractivity contribution is 0.835. The number of fused-ring (bicyclic) bond motifs is 1. The Labute approximate surface area is 193 Å². The average molecular weight is 487 g/mol. The van der Waals surface area contributed by atoms with Crippen LogP contribution in [0.15, 0.2) is 57.1 Å². The average Bonchev–Trinajstić information content (AvgIpc) is 3.49. The fourth-order valence-corrected chi connectivity index (χ4v) is 5.99. The molecule has 0 aliphatic rings. The number of thioether (sulfide) groups is 1. The summed E-state index contributed by atoms with van der Waals surface area (Å²) in [6.07, 6.45) is 0. The van der Waals surface area contributed by atoms with Gasteiger partial charge < -0.3 is 10.8 Å². The van der Waals surface area contributed by atoms with E-state index in [1.54, 1.807) is 17.4 Å². The molecule has 5 aromatic rings. The van der Waals surface area contributed by atoms with Crippen molar-refractivity contribution in [2.75, 3.05) is 5.84 Å². The largest absolute Gasteiger partial charge is 0.335 e. The van der Waals surface area contributed by atoms with Crippen molar-refractivity contribution in [2.24, 2.45) is 0 Å². The van der Waals surface area contributed by atoms with Crippen molar-refractivity contribution in [3.63, 3.8) is 0 Å². The molecular weight excluding hydrogens is 472 g/mol. The Hall–Kier alpha value is -2.66. The second kappa shape index (κ2) is 8.12. The highest BCUT2D eigenvalue weighted by atomic mass is 35.5. The Morgan fingerprint density at radius 1 is 1.16 bits per heavy atom. The predicted molar refractivity (Wildman–Crippen MR) is 128 cm³/mol. The minimum atomic E-state index is -0.199. The van der Waals surface area contributed by atoms with E-state index < -0.39 is 0 Å². The molecule has 5 rings (SSSR count). The maximum atomic E-state index is 12.9. The molecule has 11 heteroatoms. The van der Waals surface area contributed by atoms with E-state index in [0.29, 0.717) is 37.6 Å². The highest BCUT2D eigenvalue weighted by molar-refractivity contribution is 7.99. The summed E-state index contributed by atoms with van der Waals surface area (Å²) in [5.41, 5.74) is 1.47. The Kier molecular flexibility index (Phi) is 5.30. The van der Waals surface area contributed by atoms with E-state index in [9.17, 15) is 4.79 Å². The van der Waals surface area contributed by atoms with Gasteiger partial charge in [0.15, 0.2) is 5.82 Å². The van der Waals surface area contributed by atoms with Crippen molar-refractivity contribution < 1.29 is 0 Å². The van der Waals surface area contributed by atoms with Crippen molar-refractivity contribution in [1.29, 1.82) is 0 Å². The zero-order valence-corrected chi connectivity index (χ0v) is 19.3. The molecule has 1 atom stereocenters. The van der Waals surface area contributed by atoms with E-state index in [4.69, 9.17) is 22.4 Å². The van der Waals surface area contributed by atoms with Crippen LogP contribution in [0.2, 0.25) is 5.02 Å². The summed E-state index contributed by atoms with van der Waals surface area (Å²) >= 11 is 10.7. The number of thiophene rings is 2. The molecule has 0 aliphatic carbocycles. The molecule has 1 unspecified atom stereocenters. The van der Waals surface area contributed by atoms with E-state index in [1.807, 2.05) is 48.0 Å². The first-order valence-electron chi connectivity index (χ1n) is 9.20. The first kappa shape index (κ1) is 20.3. The molecule has 0 radical (unpaired) electrons. The predicted octanol–water partition coefficient (Wildman–Crippen LogP) is 5.19. The van der Waals surface area contributed by atoms with Crippen LogP contribution in [-0.2, 0) is 0 Å². The number of hydrogen-bond acceptors (Lipinski definition) is 8. The molecule has 31 heavy (non-hydrogen) atoms. The van der Waals surface area contributed by atoms with Gasteiger partial charge in [0.25, 0.3) is 5.56 Å². The van der Waals surface area contributed by atoms with Crippen molar-refractivity contribution in [2.45, 2.75) is 17.3 Å². The molecule has 4 heterocycles. The zero-order chi connectivity index (χ0) is 21.5. The number of aromatic amines is 1. The van der Waals surface area contributed by atoms with Crippen molar-refractivity contribution in [3.8, 4) is 21.8 Å². The minimum Gasteiger partial charge on any atom is -0.335 e. The third kappa shape index (κ3) is 3.65. The third-order valence-electron chi connectivity index (χ3n) is 4.70. The molecule has 1 aromatic carbocycles. The van der Waals surface area contributed by atoms with Gasteiger partial charge in [0, 0.05) is 21.4 Å². The van der Waals surface area contributed by atoms with Crippen LogP contribution in [0.4, 0.5) is 0 Å². The fraction of sp³-hybridized carbons (Fsp3) is 0.100. The first-order valence-corrected chi connectivity index (χ1v) is 12.2. The number of rotatable bonds is 5. The normalized spacial score (nSPS) is 12.5. The number of halogens is 1. The lowest BCUT2D eigenvalue weighted by Gasteiger charge is -2.10. The van der Waals surface area contributed by atoms with Gasteiger partial charge in [0.05, 0.1) is 15.7 Å². The van der Waals surface area contributed by atoms with Crippen LogP contribution in [0.1, 0.15) is 18.0 Å². The van der Waals surface area contributed by atoms with Gasteiger partial charge >= 0.3 is 0 Å². The second-order valence-corrected chi connectivity index (χ2v) is 10.2. The number of hydrogen-bond donors (Lipinski definition) is 2. The van der Waals surface area contributed by atoms with Crippen LogP contribution >= 0.6 is 46.0 Å². The second-order valence-electron chi connectivity index (χ2n) is 6.67. The zero-order valence-electron chi connectivity index (χ0n) is 16.1. The molecule has 4 aromatic heterocycles. The van der Waals surface area contributed by atoms with Crippen LogP contribution in [0, 0.1) is 0 Å². The molecular formula is C20H15ClN6OS3. The SMILES string of the molecule is CC(Sc1nnc(-c2ccccc2Cl)n1N)c1nc2scc(-c3cccs3)c2c(=O)[nH]1. The molecule has 156 valence electrons. The van der Waals surface area contributed by atoms with Crippen molar-refractivity contribution >= 4 is 56.3 Å². The van der Waals surface area contributed by atoms with Crippen LogP contribution in [0.5, 0.6) is 0 Å². The van der Waals surface area contributed by atoms with Gasteiger partial charge in [-0.15, -0.1) is 32.9 Å². The lowest BCUT2D eigenvalue weighted by Crippen LogP contribution is -2.14. The van der Waals surface area contributed by atoms with E-state index in [1.165, 1.54) is 27.8 Å². The number of nitrogens with one attached hydrogen (secondary N) is 1. The highest BCUT2D eigenvalue weighted by Gasteiger charge is 2.21. The standard InChI is InChI=1S/C20H15ClN6OS3/c1-10(31-20-26-25-17(27(20)22)11-5-2-3-6-13(11)21)16-23-18(28)15-12(9-30-19(15)24-16)14-7-4-8-29-14/h2-10H,22H2,1H3,(H,23,24,28). The number of benzene rings is 1. The molecule has 0 amide bonds. The third-order valence-corrected chi connectivity index (χ3v) is 7.87. The van der Waals surface area contributed by atoms with Gasteiger partial charge in [-0.1, -0.05) is 41.6 Å². The van der Waals surface area contributed by atoms with E-state index >= 15 is 0 Å². The number of aromatic nitrogens is 5. The summed E-state index contributed by atoms with van der Waals surface area (Å²) in [6.45, 7) is 1.94. The summed E-state index contributed by atoms with van der Waals surface area (Å²) in [5, 5.41) is 13.8. The van der Waals surface area contributed by atoms with Gasteiger partial charge in [-0.2, -0.15) is 0 Å².